The second-order valence-electron chi connectivity index (χ2n) is 3.79. The summed E-state index contributed by atoms with van der Waals surface area (Å²) in [5.74, 6) is 2.19. The highest BCUT2D eigenvalue weighted by Crippen LogP contribution is 2.32. The summed E-state index contributed by atoms with van der Waals surface area (Å²) in [4.78, 5) is 12.6. The summed E-state index contributed by atoms with van der Waals surface area (Å²) in [7, 11) is 6.41. The van der Waals surface area contributed by atoms with Crippen LogP contribution in [0.4, 0.5) is 5.95 Å². The summed E-state index contributed by atoms with van der Waals surface area (Å²) in [5, 5.41) is 2.86. The van der Waals surface area contributed by atoms with Crippen LogP contribution in [0, 0.1) is 0 Å². The Morgan fingerprint density at radius 3 is 2.35 bits per heavy atom. The topological polar surface area (TPSA) is 78.4 Å². The van der Waals surface area contributed by atoms with Crippen molar-refractivity contribution in [3.63, 3.8) is 0 Å². The Hall–Kier alpha value is -2.57. The molecule has 0 radical (unpaired) electrons. The molecule has 7 heteroatoms. The first kappa shape index (κ1) is 13.9. The molecular formula is C13H16N4O3. The van der Waals surface area contributed by atoms with Crippen LogP contribution in [0.1, 0.15) is 0 Å². The number of hydrogen-bond acceptors (Lipinski definition) is 7. The van der Waals surface area contributed by atoms with Crippen LogP contribution in [0.2, 0.25) is 0 Å². The van der Waals surface area contributed by atoms with Gasteiger partial charge in [0.25, 0.3) is 0 Å². The zero-order chi connectivity index (χ0) is 14.5. The van der Waals surface area contributed by atoms with E-state index in [-0.39, 0.29) is 6.01 Å². The van der Waals surface area contributed by atoms with Gasteiger partial charge in [0, 0.05) is 13.1 Å². The molecule has 2 aromatic rings. The molecule has 0 aliphatic heterocycles. The number of anilines is 1. The minimum absolute atomic E-state index is 0.234. The van der Waals surface area contributed by atoms with Crippen LogP contribution in [0.15, 0.2) is 18.2 Å². The van der Waals surface area contributed by atoms with Crippen LogP contribution < -0.4 is 19.5 Å². The quantitative estimate of drug-likeness (QED) is 0.888. The highest BCUT2D eigenvalue weighted by atomic mass is 16.5. The molecule has 0 aliphatic carbocycles. The van der Waals surface area contributed by atoms with E-state index in [1.807, 2.05) is 12.1 Å². The maximum absolute atomic E-state index is 5.35. The Morgan fingerprint density at radius 2 is 1.75 bits per heavy atom. The van der Waals surface area contributed by atoms with Gasteiger partial charge in [0.05, 0.1) is 26.9 Å². The molecule has 0 fully saturated rings. The van der Waals surface area contributed by atoms with Gasteiger partial charge in [-0.2, -0.15) is 15.0 Å². The molecule has 2 rings (SSSR count). The Kier molecular flexibility index (Phi) is 4.19. The summed E-state index contributed by atoms with van der Waals surface area (Å²) in [6, 6.07) is 5.64. The van der Waals surface area contributed by atoms with Crippen molar-refractivity contribution >= 4 is 5.95 Å². The molecule has 1 N–H and O–H groups in total. The van der Waals surface area contributed by atoms with E-state index in [2.05, 4.69) is 20.3 Å². The summed E-state index contributed by atoms with van der Waals surface area (Å²) in [5.41, 5.74) is 0.727. The standard InChI is InChI=1S/C13H16N4O3/c1-14-12-15-11(16-13(17-12)20-4)9-6-5-8(18-2)7-10(9)19-3/h5-7H,1-4H3,(H,14,15,16,17). The van der Waals surface area contributed by atoms with Crippen LogP contribution in [-0.2, 0) is 0 Å². The number of benzene rings is 1. The van der Waals surface area contributed by atoms with Crippen molar-refractivity contribution in [3.05, 3.63) is 18.2 Å². The highest BCUT2D eigenvalue weighted by molar-refractivity contribution is 5.66. The lowest BCUT2D eigenvalue weighted by Crippen LogP contribution is -2.04. The van der Waals surface area contributed by atoms with Gasteiger partial charge < -0.3 is 19.5 Å². The smallest absolute Gasteiger partial charge is 0.321 e. The van der Waals surface area contributed by atoms with Crippen LogP contribution >= 0.6 is 0 Å². The predicted octanol–water partition coefficient (Wildman–Crippen LogP) is 1.61. The molecule has 1 aromatic heterocycles. The first-order valence-corrected chi connectivity index (χ1v) is 5.92. The minimum atomic E-state index is 0.234. The Bertz CT molecular complexity index is 582. The van der Waals surface area contributed by atoms with E-state index in [4.69, 9.17) is 14.2 Å². The molecule has 7 nitrogen and oxygen atoms in total. The van der Waals surface area contributed by atoms with Crippen LogP contribution in [0.3, 0.4) is 0 Å². The second kappa shape index (κ2) is 6.05. The average molecular weight is 276 g/mol. The van der Waals surface area contributed by atoms with Crippen molar-refractivity contribution < 1.29 is 14.2 Å². The fraction of sp³-hybridized carbons (Fsp3) is 0.308. The summed E-state index contributed by atoms with van der Waals surface area (Å²) in [6.45, 7) is 0. The first-order valence-electron chi connectivity index (χ1n) is 5.92. The fourth-order valence-electron chi connectivity index (χ4n) is 1.66. The van der Waals surface area contributed by atoms with Gasteiger partial charge in [-0.15, -0.1) is 0 Å². The number of hydrogen-bond donors (Lipinski definition) is 1. The molecule has 0 unspecified atom stereocenters. The molecule has 0 saturated heterocycles. The van der Waals surface area contributed by atoms with Crippen molar-refractivity contribution in [2.24, 2.45) is 0 Å². The lowest BCUT2D eigenvalue weighted by molar-refractivity contribution is 0.379. The van der Waals surface area contributed by atoms with Gasteiger partial charge in [-0.3, -0.25) is 0 Å². The lowest BCUT2D eigenvalue weighted by atomic mass is 10.2. The molecule has 1 heterocycles. The van der Waals surface area contributed by atoms with Gasteiger partial charge in [-0.1, -0.05) is 0 Å². The Morgan fingerprint density at radius 1 is 0.950 bits per heavy atom. The number of ether oxygens (including phenoxy) is 3. The van der Waals surface area contributed by atoms with E-state index in [1.165, 1.54) is 7.11 Å². The van der Waals surface area contributed by atoms with E-state index >= 15 is 0 Å². The summed E-state index contributed by atoms with van der Waals surface area (Å²) >= 11 is 0. The van der Waals surface area contributed by atoms with Gasteiger partial charge in [0.15, 0.2) is 5.82 Å². The number of nitrogens with zero attached hydrogens (tertiary/aromatic N) is 3. The average Bonchev–Trinajstić information content (AvgIpc) is 2.53. The minimum Gasteiger partial charge on any atom is -0.497 e. The van der Waals surface area contributed by atoms with E-state index in [9.17, 15) is 0 Å². The Balaban J connectivity index is 2.55. The van der Waals surface area contributed by atoms with Gasteiger partial charge >= 0.3 is 6.01 Å². The van der Waals surface area contributed by atoms with Crippen LogP contribution in [-0.4, -0.2) is 43.3 Å². The van der Waals surface area contributed by atoms with Gasteiger partial charge in [-0.05, 0) is 12.1 Å². The Labute approximate surface area is 116 Å². The van der Waals surface area contributed by atoms with E-state index in [1.54, 1.807) is 27.3 Å². The summed E-state index contributed by atoms with van der Waals surface area (Å²) in [6.07, 6.45) is 0. The molecule has 0 atom stereocenters. The zero-order valence-electron chi connectivity index (χ0n) is 11.8. The third-order valence-corrected chi connectivity index (χ3v) is 2.67. The van der Waals surface area contributed by atoms with E-state index in [0.717, 1.165) is 5.56 Å². The SMILES string of the molecule is CNc1nc(OC)nc(-c2ccc(OC)cc2OC)n1. The van der Waals surface area contributed by atoms with Gasteiger partial charge in [-0.25, -0.2) is 0 Å². The third-order valence-electron chi connectivity index (χ3n) is 2.67. The van der Waals surface area contributed by atoms with Crippen LogP contribution in [0.25, 0.3) is 11.4 Å². The first-order chi connectivity index (χ1) is 9.71. The zero-order valence-corrected chi connectivity index (χ0v) is 11.8. The molecular weight excluding hydrogens is 260 g/mol. The highest BCUT2D eigenvalue weighted by Gasteiger charge is 2.13. The third kappa shape index (κ3) is 2.71. The largest absolute Gasteiger partial charge is 0.497 e. The second-order valence-corrected chi connectivity index (χ2v) is 3.79. The number of methoxy groups -OCH3 is 3. The monoisotopic (exact) mass is 276 g/mol. The fourth-order valence-corrected chi connectivity index (χ4v) is 1.66. The molecule has 1 aromatic carbocycles. The predicted molar refractivity (Wildman–Crippen MR) is 74.5 cm³/mol. The molecule has 0 saturated carbocycles. The van der Waals surface area contributed by atoms with Gasteiger partial charge in [0.2, 0.25) is 5.95 Å². The summed E-state index contributed by atoms with van der Waals surface area (Å²) < 4.78 is 15.6. The van der Waals surface area contributed by atoms with Gasteiger partial charge in [0.1, 0.15) is 11.5 Å². The number of aromatic nitrogens is 3. The molecule has 0 bridgehead atoms. The molecule has 20 heavy (non-hydrogen) atoms. The molecule has 0 amide bonds. The van der Waals surface area contributed by atoms with Crippen molar-refractivity contribution in [3.8, 4) is 28.9 Å². The van der Waals surface area contributed by atoms with E-state index in [0.29, 0.717) is 23.3 Å². The molecule has 0 spiro atoms. The van der Waals surface area contributed by atoms with Crippen LogP contribution in [0.5, 0.6) is 17.5 Å². The lowest BCUT2D eigenvalue weighted by Gasteiger charge is -2.10. The van der Waals surface area contributed by atoms with E-state index < -0.39 is 0 Å². The van der Waals surface area contributed by atoms with Crippen molar-refractivity contribution in [1.29, 1.82) is 0 Å². The molecule has 0 aliphatic rings. The maximum atomic E-state index is 5.35. The van der Waals surface area contributed by atoms with Crippen molar-refractivity contribution in [1.82, 2.24) is 15.0 Å². The number of rotatable bonds is 5. The molecule has 106 valence electrons. The maximum Gasteiger partial charge on any atom is 0.321 e. The normalized spacial score (nSPS) is 10.0. The number of nitrogens with one attached hydrogen (secondary N) is 1. The van der Waals surface area contributed by atoms with Crippen molar-refractivity contribution in [2.75, 3.05) is 33.7 Å². The van der Waals surface area contributed by atoms with Crippen molar-refractivity contribution in [2.45, 2.75) is 0 Å².